The van der Waals surface area contributed by atoms with Crippen molar-refractivity contribution in [3.63, 3.8) is 0 Å². The molecule has 0 aromatic rings. The summed E-state index contributed by atoms with van der Waals surface area (Å²) in [7, 11) is -0.532. The van der Waals surface area contributed by atoms with Gasteiger partial charge in [0.25, 0.3) is 0 Å². The number of amides is 1. The lowest BCUT2D eigenvalue weighted by molar-refractivity contribution is -0.173. The van der Waals surface area contributed by atoms with Crippen molar-refractivity contribution >= 4 is 33.3 Å². The van der Waals surface area contributed by atoms with Crippen molar-refractivity contribution in [2.75, 3.05) is 25.3 Å². The number of alkyl halides is 4. The standard InChI is InChI=1S/C19H31BF4NO4SSi/c1-18(2,3)31(5,6)28-11-13-15(27-12-30-4)14(21)16(29-13)20-9-7-8-10-25-17(26)19(22,23)24/h13-16H,9-12H2,1-6H3,(H,25,26)/t13-,14?,15?,16-/m1/s1. The number of hydrogen-bond donors (Lipinski definition) is 1. The number of carbonyl (C=O) groups is 1. The predicted molar refractivity (Wildman–Crippen MR) is 117 cm³/mol. The van der Waals surface area contributed by atoms with E-state index in [1.54, 1.807) is 5.32 Å². The third-order valence-corrected chi connectivity index (χ3v) is 10.2. The van der Waals surface area contributed by atoms with Gasteiger partial charge in [0.2, 0.25) is 0 Å². The molecule has 1 fully saturated rings. The lowest BCUT2D eigenvalue weighted by Gasteiger charge is -2.37. The Morgan fingerprint density at radius 1 is 1.26 bits per heavy atom. The molecule has 0 spiro atoms. The third-order valence-electron chi connectivity index (χ3n) is 5.29. The van der Waals surface area contributed by atoms with E-state index in [-0.39, 0.29) is 18.0 Å². The molecule has 2 unspecified atom stereocenters. The number of hydrogen-bond acceptors (Lipinski definition) is 5. The van der Waals surface area contributed by atoms with Crippen LogP contribution in [0.4, 0.5) is 17.6 Å². The number of ether oxygens (including phenoxy) is 2. The van der Waals surface area contributed by atoms with E-state index in [4.69, 9.17) is 13.9 Å². The van der Waals surface area contributed by atoms with E-state index in [0.29, 0.717) is 5.94 Å². The normalized spacial score (nSPS) is 24.5. The van der Waals surface area contributed by atoms with Gasteiger partial charge in [-0.1, -0.05) is 26.7 Å². The van der Waals surface area contributed by atoms with E-state index in [1.165, 1.54) is 19.0 Å². The Hall–Kier alpha value is -0.738. The first-order valence-electron chi connectivity index (χ1n) is 9.89. The first-order chi connectivity index (χ1) is 14.2. The van der Waals surface area contributed by atoms with Gasteiger partial charge in [-0.3, -0.25) is 4.79 Å². The molecule has 1 saturated heterocycles. The van der Waals surface area contributed by atoms with E-state index in [9.17, 15) is 22.4 Å². The smallest absolute Gasteiger partial charge is 0.414 e. The Morgan fingerprint density at radius 3 is 2.45 bits per heavy atom. The summed E-state index contributed by atoms with van der Waals surface area (Å²) in [5, 5.41) is 1.65. The van der Waals surface area contributed by atoms with Crippen molar-refractivity contribution in [1.29, 1.82) is 0 Å². The van der Waals surface area contributed by atoms with Crippen LogP contribution in [0.2, 0.25) is 24.5 Å². The summed E-state index contributed by atoms with van der Waals surface area (Å²) in [6.07, 6.45) is -5.76. The van der Waals surface area contributed by atoms with Gasteiger partial charge < -0.3 is 19.2 Å². The second-order valence-corrected chi connectivity index (χ2v) is 14.3. The average Bonchev–Trinajstić information content (AvgIpc) is 2.94. The van der Waals surface area contributed by atoms with Crippen molar-refractivity contribution < 1.29 is 36.3 Å². The fourth-order valence-corrected chi connectivity index (χ4v) is 3.76. The van der Waals surface area contributed by atoms with Gasteiger partial charge in [-0.2, -0.15) is 13.2 Å². The van der Waals surface area contributed by atoms with Gasteiger partial charge in [-0.15, -0.1) is 17.7 Å². The largest absolute Gasteiger partial charge is 0.471 e. The average molecular weight is 484 g/mol. The summed E-state index contributed by atoms with van der Waals surface area (Å²) < 4.78 is 68.9. The predicted octanol–water partition coefficient (Wildman–Crippen LogP) is 3.58. The fraction of sp³-hybridized carbons (Fsp3) is 0.842. The molecule has 1 radical (unpaired) electrons. The number of rotatable bonds is 9. The molecular formula is C19H31BF4NO4SSi. The molecule has 1 aliphatic heterocycles. The van der Waals surface area contributed by atoms with Crippen LogP contribution in [0, 0.1) is 11.8 Å². The van der Waals surface area contributed by atoms with Gasteiger partial charge in [0.15, 0.2) is 15.6 Å². The van der Waals surface area contributed by atoms with Crippen molar-refractivity contribution in [3.05, 3.63) is 0 Å². The van der Waals surface area contributed by atoms with Crippen LogP contribution < -0.4 is 5.32 Å². The zero-order valence-electron chi connectivity index (χ0n) is 18.8. The molecule has 4 atom stereocenters. The third kappa shape index (κ3) is 8.96. The number of halogens is 4. The van der Waals surface area contributed by atoms with E-state index >= 15 is 0 Å². The maximum atomic E-state index is 14.9. The summed E-state index contributed by atoms with van der Waals surface area (Å²) in [5.41, 5.74) is 0. The second kappa shape index (κ2) is 11.9. The molecule has 0 aromatic carbocycles. The van der Waals surface area contributed by atoms with Gasteiger partial charge in [-0.25, -0.2) is 4.39 Å². The maximum Gasteiger partial charge on any atom is 0.471 e. The van der Waals surface area contributed by atoms with Crippen molar-refractivity contribution in [2.45, 2.75) is 75.8 Å². The minimum atomic E-state index is -4.94. The SMILES string of the molecule is CSCOC1C(F)[C@H]([B]CC#CCNC(=O)C(F)(F)F)O[C@@H]1CO[Si](C)(C)C(C)(C)C. The Bertz CT molecular complexity index is 652. The fourth-order valence-electron chi connectivity index (χ4n) is 2.45. The van der Waals surface area contributed by atoms with Gasteiger partial charge >= 0.3 is 12.1 Å². The molecule has 5 nitrogen and oxygen atoms in total. The molecule has 177 valence electrons. The molecule has 1 rings (SSSR count). The molecule has 0 bridgehead atoms. The van der Waals surface area contributed by atoms with Gasteiger partial charge in [0, 0.05) is 0 Å². The second-order valence-electron chi connectivity index (χ2n) is 8.67. The maximum absolute atomic E-state index is 14.9. The molecule has 0 saturated carbocycles. The highest BCUT2D eigenvalue weighted by Gasteiger charge is 2.47. The molecule has 12 heteroatoms. The quantitative estimate of drug-likeness (QED) is 0.235. The zero-order valence-corrected chi connectivity index (χ0v) is 20.6. The lowest BCUT2D eigenvalue weighted by Crippen LogP contribution is -2.44. The first kappa shape index (κ1) is 28.3. The van der Waals surface area contributed by atoms with Crippen molar-refractivity contribution in [3.8, 4) is 11.8 Å². The van der Waals surface area contributed by atoms with Crippen LogP contribution in [-0.2, 0) is 18.7 Å². The monoisotopic (exact) mass is 484 g/mol. The van der Waals surface area contributed by atoms with Gasteiger partial charge in [-0.05, 0) is 30.7 Å². The zero-order chi connectivity index (χ0) is 23.9. The van der Waals surface area contributed by atoms with Crippen LogP contribution in [0.3, 0.4) is 0 Å². The molecular weight excluding hydrogens is 453 g/mol. The summed E-state index contributed by atoms with van der Waals surface area (Å²) in [6, 6.07) is -0.862. The summed E-state index contributed by atoms with van der Waals surface area (Å²) in [5.74, 6) is 3.25. The number of carbonyl (C=O) groups excluding carboxylic acids is 1. The number of thioether (sulfide) groups is 1. The van der Waals surface area contributed by atoms with Crippen LogP contribution in [0.5, 0.6) is 0 Å². The van der Waals surface area contributed by atoms with Crippen molar-refractivity contribution in [1.82, 2.24) is 5.32 Å². The molecule has 0 aliphatic carbocycles. The van der Waals surface area contributed by atoms with E-state index in [0.717, 1.165) is 0 Å². The van der Waals surface area contributed by atoms with Crippen LogP contribution in [-0.4, -0.2) is 77.4 Å². The minimum Gasteiger partial charge on any atom is -0.414 e. The topological polar surface area (TPSA) is 56.8 Å². The molecule has 1 N–H and O–H groups in total. The highest BCUT2D eigenvalue weighted by atomic mass is 32.2. The summed E-state index contributed by atoms with van der Waals surface area (Å²) in [4.78, 5) is 10.7. The van der Waals surface area contributed by atoms with Crippen LogP contribution in [0.15, 0.2) is 0 Å². The highest BCUT2D eigenvalue weighted by molar-refractivity contribution is 7.98. The van der Waals surface area contributed by atoms with Gasteiger partial charge in [0.1, 0.15) is 18.4 Å². The Kier molecular flexibility index (Phi) is 10.9. The molecule has 1 heterocycles. The number of nitrogens with one attached hydrogen (secondary N) is 1. The molecule has 1 amide bonds. The lowest BCUT2D eigenvalue weighted by atomic mass is 9.66. The van der Waals surface area contributed by atoms with Crippen LogP contribution in [0.1, 0.15) is 20.8 Å². The Balaban J connectivity index is 2.61. The molecule has 0 aromatic heterocycles. The summed E-state index contributed by atoms with van der Waals surface area (Å²) >= 11 is 1.43. The Labute approximate surface area is 188 Å². The van der Waals surface area contributed by atoms with Crippen LogP contribution >= 0.6 is 11.8 Å². The van der Waals surface area contributed by atoms with Crippen molar-refractivity contribution in [2.24, 2.45) is 0 Å². The summed E-state index contributed by atoms with van der Waals surface area (Å²) in [6.45, 7) is 10.3. The highest BCUT2D eigenvalue weighted by Crippen LogP contribution is 2.37. The molecule has 31 heavy (non-hydrogen) atoms. The van der Waals surface area contributed by atoms with E-state index in [1.807, 2.05) is 6.26 Å². The van der Waals surface area contributed by atoms with Crippen LogP contribution in [0.25, 0.3) is 0 Å². The van der Waals surface area contributed by atoms with E-state index < -0.39 is 51.3 Å². The minimum absolute atomic E-state index is 0.000999. The molecule has 1 aliphatic rings. The first-order valence-corrected chi connectivity index (χ1v) is 14.2. The van der Waals surface area contributed by atoms with Gasteiger partial charge in [0.05, 0.1) is 25.1 Å². The Morgan fingerprint density at radius 2 is 1.90 bits per heavy atom. The van der Waals surface area contributed by atoms with E-state index in [2.05, 4.69) is 45.7 Å².